The van der Waals surface area contributed by atoms with Crippen molar-refractivity contribution in [1.82, 2.24) is 4.90 Å². The number of carbonyl (C=O) groups is 1. The Hall–Kier alpha value is -2.11. The molecule has 3 saturated carbocycles. The number of aliphatic hydroxyl groups excluding tert-OH is 1. The van der Waals surface area contributed by atoms with Crippen molar-refractivity contribution in [3.05, 3.63) is 41.0 Å². The molecule has 4 fully saturated rings. The Kier molecular flexibility index (Phi) is 6.97. The van der Waals surface area contributed by atoms with Crippen molar-refractivity contribution in [2.75, 3.05) is 33.4 Å². The molecule has 6 atom stereocenters. The van der Waals surface area contributed by atoms with Crippen molar-refractivity contribution < 1.29 is 19.4 Å². The summed E-state index contributed by atoms with van der Waals surface area (Å²) >= 11 is 0. The van der Waals surface area contributed by atoms with E-state index in [0.717, 1.165) is 74.1 Å². The van der Waals surface area contributed by atoms with E-state index in [9.17, 15) is 9.90 Å². The SMILES string of the molecule is COc1cc(/C=C2\C[C@H]3[C@@H]4CC=C5C[C@@H](O)CC[C@]5(C)[C@H]4CC[C@]3(C)C2=O)ccc1OCCN1CCCC1. The number of carbonyl (C=O) groups excluding carboxylic acids is 1. The molecular weight excluding hydrogens is 474 g/mol. The smallest absolute Gasteiger partial charge is 0.165 e. The van der Waals surface area contributed by atoms with Gasteiger partial charge in [0, 0.05) is 12.0 Å². The van der Waals surface area contributed by atoms with Crippen LogP contribution in [0, 0.1) is 28.6 Å². The molecule has 5 nitrogen and oxygen atoms in total. The average Bonchev–Trinajstić information content (AvgIpc) is 3.52. The molecule has 6 rings (SSSR count). The maximum Gasteiger partial charge on any atom is 0.165 e. The highest BCUT2D eigenvalue weighted by Gasteiger charge is 2.59. The Labute approximate surface area is 228 Å². The van der Waals surface area contributed by atoms with Crippen LogP contribution in [0.3, 0.4) is 0 Å². The second-order valence-corrected chi connectivity index (χ2v) is 13.1. The fraction of sp³-hybridized carbons (Fsp3) is 0.667. The maximum absolute atomic E-state index is 13.9. The molecule has 5 aliphatic rings. The van der Waals surface area contributed by atoms with Gasteiger partial charge in [-0.05, 0) is 123 Å². The first-order valence-electron chi connectivity index (χ1n) is 15.0. The molecule has 5 heteroatoms. The summed E-state index contributed by atoms with van der Waals surface area (Å²) in [5.41, 5.74) is 3.40. The third kappa shape index (κ3) is 4.44. The number of hydrogen-bond acceptors (Lipinski definition) is 5. The number of rotatable bonds is 6. The highest BCUT2D eigenvalue weighted by molar-refractivity contribution is 6.06. The van der Waals surface area contributed by atoms with Gasteiger partial charge in [-0.2, -0.15) is 0 Å². The molecule has 1 aromatic carbocycles. The zero-order valence-electron chi connectivity index (χ0n) is 23.5. The highest BCUT2D eigenvalue weighted by atomic mass is 16.5. The van der Waals surface area contributed by atoms with E-state index in [1.807, 2.05) is 12.1 Å². The molecule has 1 N–H and O–H groups in total. The largest absolute Gasteiger partial charge is 0.493 e. The van der Waals surface area contributed by atoms with Gasteiger partial charge in [-0.3, -0.25) is 9.69 Å². The van der Waals surface area contributed by atoms with Gasteiger partial charge in [-0.25, -0.2) is 0 Å². The van der Waals surface area contributed by atoms with Gasteiger partial charge in [0.2, 0.25) is 0 Å². The predicted octanol–water partition coefficient (Wildman–Crippen LogP) is 6.06. The molecule has 206 valence electrons. The van der Waals surface area contributed by atoms with E-state index >= 15 is 0 Å². The number of benzene rings is 1. The number of Topliss-reactive ketones (excluding diaryl/α,β-unsaturated/α-hetero) is 1. The quantitative estimate of drug-likeness (QED) is 0.366. The van der Waals surface area contributed by atoms with Gasteiger partial charge in [0.05, 0.1) is 13.2 Å². The minimum absolute atomic E-state index is 0.179. The molecule has 0 spiro atoms. The van der Waals surface area contributed by atoms with Gasteiger partial charge in [0.25, 0.3) is 0 Å². The summed E-state index contributed by atoms with van der Waals surface area (Å²) in [4.78, 5) is 16.3. The number of nitrogens with zero attached hydrogens (tertiary/aromatic N) is 1. The molecule has 0 amide bonds. The standard InChI is InChI=1S/C33H45NO4/c1-32-12-10-25(35)21-24(32)7-8-26-27(32)11-13-33(2)28(26)20-23(31(33)36)18-22-6-9-29(30(19-22)37-3)38-17-16-34-14-4-5-15-34/h6-7,9,18-19,25-28,35H,4-5,8,10-17,20-21H2,1-3H3/b23-18+/t25-,26+,27-,28-,32-,33-/m0/s1. The lowest BCUT2D eigenvalue weighted by Gasteiger charge is -2.56. The highest BCUT2D eigenvalue weighted by Crippen LogP contribution is 2.64. The summed E-state index contributed by atoms with van der Waals surface area (Å²) in [6, 6.07) is 6.07. The van der Waals surface area contributed by atoms with Crippen LogP contribution in [-0.4, -0.2) is 55.2 Å². The van der Waals surface area contributed by atoms with Crippen molar-refractivity contribution >= 4 is 11.9 Å². The zero-order chi connectivity index (χ0) is 26.5. The van der Waals surface area contributed by atoms with Gasteiger partial charge in [-0.15, -0.1) is 0 Å². The van der Waals surface area contributed by atoms with Gasteiger partial charge in [0.1, 0.15) is 6.61 Å². The van der Waals surface area contributed by atoms with Crippen LogP contribution in [0.4, 0.5) is 0 Å². The van der Waals surface area contributed by atoms with Crippen molar-refractivity contribution in [3.8, 4) is 11.5 Å². The third-order valence-corrected chi connectivity index (χ3v) is 11.1. The molecule has 0 unspecified atom stereocenters. The van der Waals surface area contributed by atoms with Gasteiger partial charge in [-0.1, -0.05) is 31.6 Å². The number of ether oxygens (including phenoxy) is 2. The molecular formula is C33H45NO4. The lowest BCUT2D eigenvalue weighted by Crippen LogP contribution is -2.50. The number of likely N-dealkylation sites (tertiary alicyclic amines) is 1. The number of aliphatic hydroxyl groups is 1. The Morgan fingerprint density at radius 3 is 2.63 bits per heavy atom. The van der Waals surface area contributed by atoms with Gasteiger partial charge >= 0.3 is 0 Å². The van der Waals surface area contributed by atoms with Crippen LogP contribution in [0.2, 0.25) is 0 Å². The summed E-state index contributed by atoms with van der Waals surface area (Å²) in [5.74, 6) is 3.42. The van der Waals surface area contributed by atoms with Crippen LogP contribution in [0.1, 0.15) is 77.2 Å². The van der Waals surface area contributed by atoms with Crippen molar-refractivity contribution in [2.45, 2.75) is 77.7 Å². The Morgan fingerprint density at radius 1 is 1.05 bits per heavy atom. The van der Waals surface area contributed by atoms with E-state index < -0.39 is 0 Å². The van der Waals surface area contributed by atoms with E-state index in [1.165, 1.54) is 31.5 Å². The summed E-state index contributed by atoms with van der Waals surface area (Å²) in [5, 5.41) is 10.3. The number of allylic oxidation sites excluding steroid dienone is 2. The Balaban J connectivity index is 1.19. The average molecular weight is 520 g/mol. The van der Waals surface area contributed by atoms with Crippen LogP contribution in [-0.2, 0) is 4.79 Å². The van der Waals surface area contributed by atoms with Crippen LogP contribution in [0.15, 0.2) is 35.4 Å². The van der Waals surface area contributed by atoms with Crippen LogP contribution in [0.25, 0.3) is 6.08 Å². The fourth-order valence-electron chi connectivity index (χ4n) is 8.83. The first kappa shape index (κ1) is 26.1. The second-order valence-electron chi connectivity index (χ2n) is 13.1. The molecule has 38 heavy (non-hydrogen) atoms. The van der Waals surface area contributed by atoms with E-state index in [4.69, 9.17) is 9.47 Å². The Morgan fingerprint density at radius 2 is 1.84 bits per heavy atom. The molecule has 4 aliphatic carbocycles. The van der Waals surface area contributed by atoms with E-state index in [0.29, 0.717) is 30.1 Å². The third-order valence-electron chi connectivity index (χ3n) is 11.1. The first-order valence-corrected chi connectivity index (χ1v) is 15.0. The van der Waals surface area contributed by atoms with E-state index in [2.05, 4.69) is 37.0 Å². The number of methoxy groups -OCH3 is 1. The van der Waals surface area contributed by atoms with Crippen molar-refractivity contribution in [3.63, 3.8) is 0 Å². The Bertz CT molecular complexity index is 1130. The van der Waals surface area contributed by atoms with Crippen LogP contribution < -0.4 is 9.47 Å². The zero-order valence-corrected chi connectivity index (χ0v) is 23.5. The van der Waals surface area contributed by atoms with Gasteiger partial charge < -0.3 is 14.6 Å². The topological polar surface area (TPSA) is 59.0 Å². The van der Waals surface area contributed by atoms with Crippen molar-refractivity contribution in [1.29, 1.82) is 0 Å². The molecule has 1 heterocycles. The molecule has 1 aliphatic heterocycles. The number of fused-ring (bicyclic) bond motifs is 5. The minimum Gasteiger partial charge on any atom is -0.493 e. The normalized spacial score (nSPS) is 37.9. The molecule has 1 saturated heterocycles. The molecule has 0 aromatic heterocycles. The van der Waals surface area contributed by atoms with Crippen LogP contribution >= 0.6 is 0 Å². The second kappa shape index (κ2) is 10.1. The molecule has 1 aromatic rings. The van der Waals surface area contributed by atoms with Gasteiger partial charge in [0.15, 0.2) is 17.3 Å². The fourth-order valence-corrected chi connectivity index (χ4v) is 8.83. The maximum atomic E-state index is 13.9. The predicted molar refractivity (Wildman–Crippen MR) is 150 cm³/mol. The summed E-state index contributed by atoms with van der Waals surface area (Å²) in [7, 11) is 1.69. The van der Waals surface area contributed by atoms with E-state index in [-0.39, 0.29) is 16.9 Å². The molecule has 0 bridgehead atoms. The summed E-state index contributed by atoms with van der Waals surface area (Å²) in [6.45, 7) is 8.62. The summed E-state index contributed by atoms with van der Waals surface area (Å²) in [6.07, 6.45) is 13.8. The first-order chi connectivity index (χ1) is 18.3. The van der Waals surface area contributed by atoms with E-state index in [1.54, 1.807) is 7.11 Å². The lowest BCUT2D eigenvalue weighted by atomic mass is 9.48. The van der Waals surface area contributed by atoms with Crippen molar-refractivity contribution in [2.24, 2.45) is 28.6 Å². The monoisotopic (exact) mass is 519 g/mol. The summed E-state index contributed by atoms with van der Waals surface area (Å²) < 4.78 is 11.7. The lowest BCUT2D eigenvalue weighted by molar-refractivity contribution is -0.130. The van der Waals surface area contributed by atoms with Crippen LogP contribution in [0.5, 0.6) is 11.5 Å². The minimum atomic E-state index is -0.258. The molecule has 0 radical (unpaired) electrons. The number of ketones is 1. The number of hydrogen-bond donors (Lipinski definition) is 1.